The third-order valence-electron chi connectivity index (χ3n) is 1.95. The molecule has 15 heavy (non-hydrogen) atoms. The van der Waals surface area contributed by atoms with E-state index in [1.807, 2.05) is 0 Å². The number of hydrogen-bond donors (Lipinski definition) is 0. The molecule has 0 aliphatic heterocycles. The molecule has 0 amide bonds. The Labute approximate surface area is 93.9 Å². The number of pyridine rings is 1. The highest BCUT2D eigenvalue weighted by atomic mass is 79.9. The van der Waals surface area contributed by atoms with Crippen molar-refractivity contribution in [1.82, 2.24) is 4.98 Å². The minimum atomic E-state index is -0.439. The van der Waals surface area contributed by atoms with E-state index in [2.05, 4.69) is 20.9 Å². The molecule has 2 aromatic rings. The van der Waals surface area contributed by atoms with Gasteiger partial charge in [0.15, 0.2) is 0 Å². The van der Waals surface area contributed by atoms with E-state index in [9.17, 15) is 8.78 Å². The van der Waals surface area contributed by atoms with E-state index in [0.717, 1.165) is 6.20 Å². The van der Waals surface area contributed by atoms with Gasteiger partial charge in [-0.25, -0.2) is 8.78 Å². The topological polar surface area (TPSA) is 12.9 Å². The molecule has 0 bridgehead atoms. The lowest BCUT2D eigenvalue weighted by atomic mass is 10.1. The van der Waals surface area contributed by atoms with Gasteiger partial charge in [0.25, 0.3) is 0 Å². The van der Waals surface area contributed by atoms with Gasteiger partial charge in [0.05, 0.1) is 17.5 Å². The first-order valence-electron chi connectivity index (χ1n) is 4.24. The molecule has 0 saturated carbocycles. The maximum Gasteiger partial charge on any atom is 0.141 e. The number of hydrogen-bond acceptors (Lipinski definition) is 1. The molecule has 0 aliphatic carbocycles. The minimum absolute atomic E-state index is 0.345. The summed E-state index contributed by atoms with van der Waals surface area (Å²) >= 11 is 3.23. The fourth-order valence-corrected chi connectivity index (χ4v) is 1.81. The molecule has 0 saturated heterocycles. The molecular weight excluding hydrogens is 264 g/mol. The second-order valence-corrected chi connectivity index (χ2v) is 3.81. The fraction of sp³-hybridized carbons (Fsp3) is 0. The van der Waals surface area contributed by atoms with E-state index in [1.165, 1.54) is 18.2 Å². The van der Waals surface area contributed by atoms with Crippen molar-refractivity contribution >= 4 is 15.9 Å². The van der Waals surface area contributed by atoms with Gasteiger partial charge >= 0.3 is 0 Å². The third-order valence-corrected chi connectivity index (χ3v) is 2.61. The first kappa shape index (κ1) is 10.2. The monoisotopic (exact) mass is 269 g/mol. The summed E-state index contributed by atoms with van der Waals surface area (Å²) in [4.78, 5) is 3.83. The molecule has 1 aromatic carbocycles. The van der Waals surface area contributed by atoms with Crippen LogP contribution in [0, 0.1) is 11.6 Å². The summed E-state index contributed by atoms with van der Waals surface area (Å²) in [5.74, 6) is -0.824. The van der Waals surface area contributed by atoms with E-state index in [-0.39, 0.29) is 5.82 Å². The van der Waals surface area contributed by atoms with Crippen molar-refractivity contribution in [3.8, 4) is 11.3 Å². The Morgan fingerprint density at radius 3 is 2.47 bits per heavy atom. The van der Waals surface area contributed by atoms with Gasteiger partial charge < -0.3 is 0 Å². The molecular formula is C11H6BrF2N. The number of nitrogens with zero attached hydrogens (tertiary/aromatic N) is 1. The van der Waals surface area contributed by atoms with Gasteiger partial charge in [-0.15, -0.1) is 0 Å². The molecule has 0 N–H and O–H groups in total. The van der Waals surface area contributed by atoms with Gasteiger partial charge in [0.2, 0.25) is 0 Å². The van der Waals surface area contributed by atoms with Crippen molar-refractivity contribution in [2.24, 2.45) is 0 Å². The Hall–Kier alpha value is -1.29. The Morgan fingerprint density at radius 1 is 1.07 bits per heavy atom. The van der Waals surface area contributed by atoms with Crippen molar-refractivity contribution < 1.29 is 8.78 Å². The van der Waals surface area contributed by atoms with Gasteiger partial charge in [-0.2, -0.15) is 0 Å². The maximum absolute atomic E-state index is 13.5. The number of benzene rings is 1. The van der Waals surface area contributed by atoms with Crippen LogP contribution in [0.2, 0.25) is 0 Å². The Kier molecular flexibility index (Phi) is 2.77. The molecule has 0 radical (unpaired) electrons. The molecule has 1 nitrogen and oxygen atoms in total. The summed E-state index contributed by atoms with van der Waals surface area (Å²) in [5, 5.41) is 0. The highest BCUT2D eigenvalue weighted by Gasteiger charge is 2.09. The van der Waals surface area contributed by atoms with Crippen LogP contribution in [0.15, 0.2) is 41.0 Å². The van der Waals surface area contributed by atoms with Crippen LogP contribution in [0.5, 0.6) is 0 Å². The molecule has 4 heteroatoms. The first-order chi connectivity index (χ1) is 7.18. The SMILES string of the molecule is Fc1ccc(-c2c(F)cccc2Br)nc1. The third kappa shape index (κ3) is 2.04. The minimum Gasteiger partial charge on any atom is -0.253 e. The predicted octanol–water partition coefficient (Wildman–Crippen LogP) is 3.79. The zero-order valence-electron chi connectivity index (χ0n) is 7.55. The zero-order chi connectivity index (χ0) is 10.8. The Bertz CT molecular complexity index is 462. The van der Waals surface area contributed by atoms with Gasteiger partial charge in [-0.05, 0) is 40.2 Å². The summed E-state index contributed by atoms with van der Waals surface area (Å²) in [6, 6.07) is 7.33. The first-order valence-corrected chi connectivity index (χ1v) is 5.04. The van der Waals surface area contributed by atoms with Crippen molar-refractivity contribution in [3.63, 3.8) is 0 Å². The Morgan fingerprint density at radius 2 is 1.87 bits per heavy atom. The predicted molar refractivity (Wildman–Crippen MR) is 57.3 cm³/mol. The highest BCUT2D eigenvalue weighted by molar-refractivity contribution is 9.10. The van der Waals surface area contributed by atoms with Crippen molar-refractivity contribution in [3.05, 3.63) is 52.6 Å². The summed E-state index contributed by atoms with van der Waals surface area (Å²) in [7, 11) is 0. The molecule has 0 fully saturated rings. The molecule has 1 aromatic heterocycles. The van der Waals surface area contributed by atoms with Gasteiger partial charge in [0.1, 0.15) is 11.6 Å². The molecule has 0 unspecified atom stereocenters. The lowest BCUT2D eigenvalue weighted by molar-refractivity contribution is 0.619. The standard InChI is InChI=1S/C11H6BrF2N/c12-8-2-1-3-9(14)11(8)10-5-4-7(13)6-15-10/h1-6H. The van der Waals surface area contributed by atoms with Crippen LogP contribution in [0.1, 0.15) is 0 Å². The van der Waals surface area contributed by atoms with Crippen LogP contribution in [-0.4, -0.2) is 4.98 Å². The fourth-order valence-electron chi connectivity index (χ4n) is 1.27. The van der Waals surface area contributed by atoms with Crippen molar-refractivity contribution in [2.45, 2.75) is 0 Å². The van der Waals surface area contributed by atoms with Gasteiger partial charge in [0, 0.05) is 4.47 Å². The maximum atomic E-state index is 13.5. The average Bonchev–Trinajstić information content (AvgIpc) is 2.20. The summed E-state index contributed by atoms with van der Waals surface area (Å²) in [6.45, 7) is 0. The van der Waals surface area contributed by atoms with Gasteiger partial charge in [-0.1, -0.05) is 6.07 Å². The van der Waals surface area contributed by atoms with Crippen LogP contribution in [0.4, 0.5) is 8.78 Å². The second kappa shape index (κ2) is 4.06. The van der Waals surface area contributed by atoms with Crippen molar-refractivity contribution in [2.75, 3.05) is 0 Å². The zero-order valence-corrected chi connectivity index (χ0v) is 9.13. The molecule has 0 aliphatic rings. The van der Waals surface area contributed by atoms with E-state index >= 15 is 0 Å². The van der Waals surface area contributed by atoms with Crippen LogP contribution in [-0.2, 0) is 0 Å². The molecule has 0 atom stereocenters. The summed E-state index contributed by atoms with van der Waals surface area (Å²) in [5.41, 5.74) is 0.749. The Balaban J connectivity index is 2.58. The molecule has 0 spiro atoms. The van der Waals surface area contributed by atoms with E-state index in [0.29, 0.717) is 15.7 Å². The molecule has 76 valence electrons. The second-order valence-electron chi connectivity index (χ2n) is 2.96. The van der Waals surface area contributed by atoms with Crippen molar-refractivity contribution in [1.29, 1.82) is 0 Å². The van der Waals surface area contributed by atoms with Crippen LogP contribution in [0.25, 0.3) is 11.3 Å². The lowest BCUT2D eigenvalue weighted by Crippen LogP contribution is -1.89. The van der Waals surface area contributed by atoms with E-state index < -0.39 is 5.82 Å². The number of rotatable bonds is 1. The highest BCUT2D eigenvalue weighted by Crippen LogP contribution is 2.29. The lowest BCUT2D eigenvalue weighted by Gasteiger charge is -2.04. The number of halogens is 3. The van der Waals surface area contributed by atoms with Gasteiger partial charge in [-0.3, -0.25) is 4.98 Å². The largest absolute Gasteiger partial charge is 0.253 e. The normalized spacial score (nSPS) is 10.3. The average molecular weight is 270 g/mol. The summed E-state index contributed by atoms with van der Waals surface area (Å²) < 4.78 is 26.7. The number of aromatic nitrogens is 1. The molecule has 1 heterocycles. The summed E-state index contributed by atoms with van der Waals surface area (Å²) in [6.07, 6.45) is 1.06. The van der Waals surface area contributed by atoms with Crippen LogP contribution >= 0.6 is 15.9 Å². The molecule has 2 rings (SSSR count). The van der Waals surface area contributed by atoms with Crippen LogP contribution < -0.4 is 0 Å². The van der Waals surface area contributed by atoms with E-state index in [4.69, 9.17) is 0 Å². The quantitative estimate of drug-likeness (QED) is 0.768. The van der Waals surface area contributed by atoms with E-state index in [1.54, 1.807) is 12.1 Å². The smallest absolute Gasteiger partial charge is 0.141 e. The van der Waals surface area contributed by atoms with Crippen LogP contribution in [0.3, 0.4) is 0 Å².